The lowest BCUT2D eigenvalue weighted by molar-refractivity contribution is 0.0654. The number of halogens is 1. The van der Waals surface area contributed by atoms with E-state index in [4.69, 9.17) is 0 Å². The molecule has 5 nitrogen and oxygen atoms in total. The topological polar surface area (TPSA) is 57.7 Å². The molecule has 0 bridgehead atoms. The number of fused-ring (bicyclic) bond motifs is 1. The maximum Gasteiger partial charge on any atom is 0.261 e. The first kappa shape index (κ1) is 20.5. The van der Waals surface area contributed by atoms with E-state index in [-0.39, 0.29) is 19.0 Å². The molecule has 1 aliphatic heterocycles. The molecule has 3 aromatic carbocycles. The van der Waals surface area contributed by atoms with E-state index in [1.54, 1.807) is 42.5 Å². The summed E-state index contributed by atoms with van der Waals surface area (Å²) in [5, 5.41) is 0. The number of anilines is 1. The lowest BCUT2D eigenvalue weighted by Gasteiger charge is -2.25. The monoisotopic (exact) mass is 416 g/mol. The number of carbonyl (C=O) groups excluding carboxylic acids is 3. The summed E-state index contributed by atoms with van der Waals surface area (Å²) in [4.78, 5) is 41.3. The van der Waals surface area contributed by atoms with Crippen molar-refractivity contribution in [2.45, 2.75) is 13.8 Å². The van der Waals surface area contributed by atoms with Crippen LogP contribution in [0, 0.1) is 19.7 Å². The van der Waals surface area contributed by atoms with E-state index in [0.717, 1.165) is 16.0 Å². The summed E-state index contributed by atoms with van der Waals surface area (Å²) in [5.41, 5.74) is 3.39. The average molecular weight is 416 g/mol. The van der Waals surface area contributed by atoms with Crippen LogP contribution in [-0.4, -0.2) is 35.7 Å². The zero-order chi connectivity index (χ0) is 22.1. The summed E-state index contributed by atoms with van der Waals surface area (Å²) in [6.45, 7) is 3.84. The van der Waals surface area contributed by atoms with Gasteiger partial charge in [0.2, 0.25) is 0 Å². The molecule has 156 valence electrons. The van der Waals surface area contributed by atoms with Crippen molar-refractivity contribution in [3.05, 3.63) is 100 Å². The molecule has 0 saturated carbocycles. The van der Waals surface area contributed by atoms with Gasteiger partial charge in [-0.3, -0.25) is 19.3 Å². The number of nitrogens with zero attached hydrogens (tertiary/aromatic N) is 2. The van der Waals surface area contributed by atoms with Gasteiger partial charge in [0, 0.05) is 24.3 Å². The first-order chi connectivity index (χ1) is 14.8. The van der Waals surface area contributed by atoms with Gasteiger partial charge in [-0.15, -0.1) is 0 Å². The van der Waals surface area contributed by atoms with Crippen molar-refractivity contribution < 1.29 is 18.8 Å². The highest BCUT2D eigenvalue weighted by molar-refractivity contribution is 6.21. The number of benzene rings is 3. The minimum absolute atomic E-state index is 0.000597. The summed E-state index contributed by atoms with van der Waals surface area (Å²) < 4.78 is 13.9. The van der Waals surface area contributed by atoms with E-state index in [9.17, 15) is 18.8 Å². The normalized spacial score (nSPS) is 12.8. The zero-order valence-electron chi connectivity index (χ0n) is 17.3. The Morgan fingerprint density at radius 2 is 1.48 bits per heavy atom. The van der Waals surface area contributed by atoms with Crippen molar-refractivity contribution in [2.24, 2.45) is 0 Å². The third kappa shape index (κ3) is 3.97. The summed E-state index contributed by atoms with van der Waals surface area (Å²) in [6.07, 6.45) is 0. The molecule has 0 spiro atoms. The molecular weight excluding hydrogens is 395 g/mol. The van der Waals surface area contributed by atoms with Gasteiger partial charge in [0.25, 0.3) is 17.7 Å². The molecule has 0 aromatic heterocycles. The molecule has 0 fully saturated rings. The van der Waals surface area contributed by atoms with Crippen LogP contribution in [0.1, 0.15) is 42.2 Å². The van der Waals surface area contributed by atoms with Gasteiger partial charge in [-0.2, -0.15) is 0 Å². The van der Waals surface area contributed by atoms with Crippen LogP contribution in [0.5, 0.6) is 0 Å². The molecule has 3 amide bonds. The Hall–Kier alpha value is -3.80. The highest BCUT2D eigenvalue weighted by atomic mass is 19.1. The lowest BCUT2D eigenvalue weighted by atomic mass is 10.1. The number of aryl methyl sites for hydroxylation is 2. The molecule has 0 N–H and O–H groups in total. The second-order valence-electron chi connectivity index (χ2n) is 7.62. The second kappa shape index (κ2) is 8.14. The number of carbonyl (C=O) groups is 3. The van der Waals surface area contributed by atoms with E-state index in [0.29, 0.717) is 22.4 Å². The minimum atomic E-state index is -0.476. The molecular formula is C25H21FN2O3. The Morgan fingerprint density at radius 1 is 0.871 bits per heavy atom. The second-order valence-corrected chi connectivity index (χ2v) is 7.62. The van der Waals surface area contributed by atoms with Crippen molar-refractivity contribution in [3.63, 3.8) is 0 Å². The third-order valence-electron chi connectivity index (χ3n) is 5.26. The maximum atomic E-state index is 13.9. The molecule has 0 aliphatic carbocycles. The molecule has 3 aromatic rings. The van der Waals surface area contributed by atoms with Crippen LogP contribution in [0.2, 0.25) is 0 Å². The zero-order valence-corrected chi connectivity index (χ0v) is 17.3. The highest BCUT2D eigenvalue weighted by Crippen LogP contribution is 2.24. The fraction of sp³-hybridized carbons (Fsp3) is 0.160. The first-order valence-corrected chi connectivity index (χ1v) is 9.96. The number of rotatable bonds is 5. The standard InChI is InChI=1S/C25H21FN2O3/c1-16-12-17(2)14-18(13-16)23(29)27(20-7-5-6-19(26)15-20)10-11-28-24(30)21-8-3-4-9-22(21)25(28)31/h3-9,12-15H,10-11H2,1-2H3. The van der Waals surface area contributed by atoms with Crippen LogP contribution in [0.15, 0.2) is 66.7 Å². The first-order valence-electron chi connectivity index (χ1n) is 9.96. The number of hydrogen-bond acceptors (Lipinski definition) is 3. The number of imide groups is 1. The molecule has 1 aliphatic rings. The van der Waals surface area contributed by atoms with E-state index in [1.807, 2.05) is 19.9 Å². The van der Waals surface area contributed by atoms with Crippen molar-refractivity contribution in [3.8, 4) is 0 Å². The van der Waals surface area contributed by atoms with Gasteiger partial charge in [-0.25, -0.2) is 4.39 Å². The molecule has 4 rings (SSSR count). The number of amides is 3. The van der Waals surface area contributed by atoms with Gasteiger partial charge >= 0.3 is 0 Å². The number of hydrogen-bond donors (Lipinski definition) is 0. The quantitative estimate of drug-likeness (QED) is 0.580. The van der Waals surface area contributed by atoms with E-state index in [2.05, 4.69) is 0 Å². The van der Waals surface area contributed by atoms with Gasteiger partial charge in [0.1, 0.15) is 5.82 Å². The minimum Gasteiger partial charge on any atom is -0.306 e. The van der Waals surface area contributed by atoms with Crippen molar-refractivity contribution in [1.29, 1.82) is 0 Å². The SMILES string of the molecule is Cc1cc(C)cc(C(=O)N(CCN2C(=O)c3ccccc3C2=O)c2cccc(F)c2)c1. The molecule has 0 saturated heterocycles. The van der Waals surface area contributed by atoms with Gasteiger partial charge in [0.05, 0.1) is 11.1 Å². The van der Waals surface area contributed by atoms with Gasteiger partial charge in [0.15, 0.2) is 0 Å². The Labute approximate surface area is 179 Å². The highest BCUT2D eigenvalue weighted by Gasteiger charge is 2.35. The predicted molar refractivity (Wildman–Crippen MR) is 116 cm³/mol. The third-order valence-corrected chi connectivity index (χ3v) is 5.26. The Bertz CT molecular complexity index is 1150. The van der Waals surface area contributed by atoms with Gasteiger partial charge in [-0.1, -0.05) is 35.4 Å². The molecule has 0 atom stereocenters. The van der Waals surface area contributed by atoms with E-state index >= 15 is 0 Å². The average Bonchev–Trinajstić information content (AvgIpc) is 2.98. The lowest BCUT2D eigenvalue weighted by Crippen LogP contribution is -2.41. The molecule has 1 heterocycles. The summed E-state index contributed by atoms with van der Waals surface area (Å²) >= 11 is 0. The van der Waals surface area contributed by atoms with E-state index < -0.39 is 17.6 Å². The van der Waals surface area contributed by atoms with Crippen molar-refractivity contribution in [1.82, 2.24) is 4.90 Å². The largest absolute Gasteiger partial charge is 0.306 e. The summed E-state index contributed by atoms with van der Waals surface area (Å²) in [7, 11) is 0. The fourth-order valence-corrected chi connectivity index (χ4v) is 3.89. The maximum absolute atomic E-state index is 13.9. The van der Waals surface area contributed by atoms with Crippen LogP contribution in [-0.2, 0) is 0 Å². The van der Waals surface area contributed by atoms with Gasteiger partial charge in [-0.05, 0) is 56.3 Å². The van der Waals surface area contributed by atoms with Crippen molar-refractivity contribution in [2.75, 3.05) is 18.0 Å². The van der Waals surface area contributed by atoms with Crippen LogP contribution in [0.3, 0.4) is 0 Å². The Balaban J connectivity index is 1.64. The Morgan fingerprint density at radius 3 is 2.06 bits per heavy atom. The summed E-state index contributed by atoms with van der Waals surface area (Å²) in [5.74, 6) is -1.58. The smallest absolute Gasteiger partial charge is 0.261 e. The van der Waals surface area contributed by atoms with Crippen LogP contribution < -0.4 is 4.90 Å². The molecule has 31 heavy (non-hydrogen) atoms. The van der Waals surface area contributed by atoms with Gasteiger partial charge < -0.3 is 4.90 Å². The van der Waals surface area contributed by atoms with Crippen molar-refractivity contribution >= 4 is 23.4 Å². The Kier molecular flexibility index (Phi) is 5.38. The molecule has 6 heteroatoms. The molecule has 0 unspecified atom stereocenters. The summed E-state index contributed by atoms with van der Waals surface area (Å²) in [6, 6.07) is 17.8. The van der Waals surface area contributed by atoms with Crippen LogP contribution in [0.25, 0.3) is 0 Å². The predicted octanol–water partition coefficient (Wildman–Crippen LogP) is 4.39. The van der Waals surface area contributed by atoms with E-state index in [1.165, 1.54) is 23.1 Å². The fourth-order valence-electron chi connectivity index (χ4n) is 3.89. The molecule has 0 radical (unpaired) electrons. The van der Waals surface area contributed by atoms with Crippen LogP contribution >= 0.6 is 0 Å². The van der Waals surface area contributed by atoms with Crippen LogP contribution in [0.4, 0.5) is 10.1 Å².